The Morgan fingerprint density at radius 1 is 1.07 bits per heavy atom. The Kier molecular flexibility index (Phi) is 6.53. The third-order valence-corrected chi connectivity index (χ3v) is 6.23. The first kappa shape index (κ1) is 20.7. The van der Waals surface area contributed by atoms with E-state index in [1.807, 2.05) is 41.3 Å². The fourth-order valence-electron chi connectivity index (χ4n) is 4.29. The largest absolute Gasteiger partial charge is 0.495 e. The Balaban J connectivity index is 1.23. The fraction of sp³-hybridized carbons (Fsp3) is 0.435. The minimum absolute atomic E-state index is 0.0384. The number of carbonyl (C=O) groups is 1. The highest BCUT2D eigenvalue weighted by Crippen LogP contribution is 2.31. The van der Waals surface area contributed by atoms with Crippen molar-refractivity contribution in [1.82, 2.24) is 10.2 Å². The summed E-state index contributed by atoms with van der Waals surface area (Å²) in [5.41, 5.74) is 2.25. The van der Waals surface area contributed by atoms with E-state index in [0.29, 0.717) is 12.5 Å². The normalized spacial score (nSPS) is 19.1. The Morgan fingerprint density at radius 2 is 1.87 bits per heavy atom. The first-order chi connectivity index (χ1) is 14.6. The molecule has 2 saturated heterocycles. The zero-order valence-electron chi connectivity index (χ0n) is 17.4. The lowest BCUT2D eigenvalue weighted by molar-refractivity contribution is 0.193. The predicted octanol–water partition coefficient (Wildman–Crippen LogP) is 3.71. The van der Waals surface area contributed by atoms with E-state index in [-0.39, 0.29) is 6.03 Å². The van der Waals surface area contributed by atoms with Crippen molar-refractivity contribution in [2.24, 2.45) is 5.92 Å². The van der Waals surface area contributed by atoms with Gasteiger partial charge in [0.2, 0.25) is 0 Å². The summed E-state index contributed by atoms with van der Waals surface area (Å²) >= 11 is 6.10. The van der Waals surface area contributed by atoms with Gasteiger partial charge in [0.25, 0.3) is 0 Å². The minimum atomic E-state index is 0.0384. The zero-order chi connectivity index (χ0) is 20.9. The van der Waals surface area contributed by atoms with Gasteiger partial charge < -0.3 is 24.8 Å². The van der Waals surface area contributed by atoms with Crippen molar-refractivity contribution in [3.05, 3.63) is 53.6 Å². The predicted molar refractivity (Wildman–Crippen MR) is 122 cm³/mol. The molecule has 1 atom stereocenters. The molecule has 0 aromatic heterocycles. The van der Waals surface area contributed by atoms with Crippen molar-refractivity contribution in [3.63, 3.8) is 0 Å². The SMILES string of the molecule is COc1ccccc1N1CCC(CNC(=O)N2CCN(c3cccc(Cl)c3)CC2)C1. The molecule has 4 rings (SSSR count). The molecule has 30 heavy (non-hydrogen) atoms. The molecule has 2 aromatic rings. The molecule has 2 fully saturated rings. The smallest absolute Gasteiger partial charge is 0.317 e. The molecule has 0 bridgehead atoms. The Bertz CT molecular complexity index is 870. The monoisotopic (exact) mass is 428 g/mol. The number of urea groups is 1. The first-order valence-electron chi connectivity index (χ1n) is 10.6. The maximum Gasteiger partial charge on any atom is 0.317 e. The number of anilines is 2. The Labute approximate surface area is 183 Å². The van der Waals surface area contributed by atoms with Gasteiger partial charge in [-0.05, 0) is 42.7 Å². The highest BCUT2D eigenvalue weighted by molar-refractivity contribution is 6.30. The minimum Gasteiger partial charge on any atom is -0.495 e. The topological polar surface area (TPSA) is 48.1 Å². The third kappa shape index (κ3) is 4.75. The van der Waals surface area contributed by atoms with Crippen LogP contribution in [-0.4, -0.2) is 63.9 Å². The number of amides is 2. The lowest BCUT2D eigenvalue weighted by Gasteiger charge is -2.36. The van der Waals surface area contributed by atoms with Gasteiger partial charge in [-0.15, -0.1) is 0 Å². The number of rotatable bonds is 5. The fourth-order valence-corrected chi connectivity index (χ4v) is 4.48. The number of hydrogen-bond acceptors (Lipinski definition) is 4. The molecule has 160 valence electrons. The molecule has 0 aliphatic carbocycles. The van der Waals surface area contributed by atoms with Crippen LogP contribution in [0, 0.1) is 5.92 Å². The van der Waals surface area contributed by atoms with Crippen LogP contribution in [0.2, 0.25) is 5.02 Å². The van der Waals surface area contributed by atoms with Gasteiger partial charge in [-0.2, -0.15) is 0 Å². The van der Waals surface area contributed by atoms with Gasteiger partial charge in [-0.3, -0.25) is 0 Å². The van der Waals surface area contributed by atoms with Crippen molar-refractivity contribution in [2.75, 3.05) is 62.7 Å². The second-order valence-corrected chi connectivity index (χ2v) is 8.35. The van der Waals surface area contributed by atoms with E-state index in [1.165, 1.54) is 0 Å². The van der Waals surface area contributed by atoms with Gasteiger partial charge >= 0.3 is 6.03 Å². The lowest BCUT2D eigenvalue weighted by Crippen LogP contribution is -2.52. The number of benzene rings is 2. The molecule has 2 amide bonds. The van der Waals surface area contributed by atoms with E-state index in [0.717, 1.165) is 67.8 Å². The second kappa shape index (κ2) is 9.47. The number of nitrogens with one attached hydrogen (secondary N) is 1. The first-order valence-corrected chi connectivity index (χ1v) is 10.9. The van der Waals surface area contributed by atoms with Crippen LogP contribution in [-0.2, 0) is 0 Å². The van der Waals surface area contributed by atoms with Crippen LogP contribution in [0.5, 0.6) is 5.75 Å². The van der Waals surface area contributed by atoms with Gasteiger partial charge in [0.05, 0.1) is 12.8 Å². The van der Waals surface area contributed by atoms with Crippen molar-refractivity contribution in [2.45, 2.75) is 6.42 Å². The molecular formula is C23H29ClN4O2. The molecule has 0 spiro atoms. The number of para-hydroxylation sites is 2. The van der Waals surface area contributed by atoms with Gasteiger partial charge in [0.1, 0.15) is 5.75 Å². The summed E-state index contributed by atoms with van der Waals surface area (Å²) in [7, 11) is 1.71. The number of halogens is 1. The molecule has 1 N–H and O–H groups in total. The van der Waals surface area contributed by atoms with Gasteiger partial charge in [-0.25, -0.2) is 4.79 Å². The van der Waals surface area contributed by atoms with Crippen LogP contribution < -0.4 is 19.9 Å². The molecule has 2 aromatic carbocycles. The molecule has 6 nitrogen and oxygen atoms in total. The number of carbonyl (C=O) groups excluding carboxylic acids is 1. The van der Waals surface area contributed by atoms with Crippen LogP contribution in [0.25, 0.3) is 0 Å². The zero-order valence-corrected chi connectivity index (χ0v) is 18.1. The summed E-state index contributed by atoms with van der Waals surface area (Å²) in [6.45, 7) is 5.70. The number of ether oxygens (including phenoxy) is 1. The summed E-state index contributed by atoms with van der Waals surface area (Å²) in [6, 6.07) is 16.0. The number of nitrogens with zero attached hydrogens (tertiary/aromatic N) is 3. The number of hydrogen-bond donors (Lipinski definition) is 1. The van der Waals surface area contributed by atoms with Crippen molar-refractivity contribution >= 4 is 29.0 Å². The molecule has 2 heterocycles. The van der Waals surface area contributed by atoms with Crippen molar-refractivity contribution < 1.29 is 9.53 Å². The van der Waals surface area contributed by atoms with Crippen molar-refractivity contribution in [3.8, 4) is 5.75 Å². The summed E-state index contributed by atoms with van der Waals surface area (Å²) in [4.78, 5) is 19.2. The van der Waals surface area contributed by atoms with Crippen LogP contribution in [0.15, 0.2) is 48.5 Å². The second-order valence-electron chi connectivity index (χ2n) is 7.91. The maximum absolute atomic E-state index is 12.6. The van der Waals surface area contributed by atoms with Crippen LogP contribution in [0.4, 0.5) is 16.2 Å². The summed E-state index contributed by atoms with van der Waals surface area (Å²) in [5.74, 6) is 1.35. The lowest BCUT2D eigenvalue weighted by atomic mass is 10.1. The van der Waals surface area contributed by atoms with Gasteiger partial charge in [-0.1, -0.05) is 29.8 Å². The van der Waals surface area contributed by atoms with E-state index >= 15 is 0 Å². The van der Waals surface area contributed by atoms with E-state index in [9.17, 15) is 4.79 Å². The van der Waals surface area contributed by atoms with Gasteiger partial charge in [0, 0.05) is 56.5 Å². The number of methoxy groups -OCH3 is 1. The third-order valence-electron chi connectivity index (χ3n) is 5.99. The number of piperazine rings is 1. The maximum atomic E-state index is 12.6. The average Bonchev–Trinajstić information content (AvgIpc) is 3.26. The molecule has 7 heteroatoms. The standard InChI is InChI=1S/C23H29ClN4O2/c1-30-22-8-3-2-7-21(22)28-10-9-18(17-28)16-25-23(29)27-13-11-26(12-14-27)20-6-4-5-19(24)15-20/h2-8,15,18H,9-14,16-17H2,1H3,(H,25,29). The van der Waals surface area contributed by atoms with E-state index in [1.54, 1.807) is 7.11 Å². The van der Waals surface area contributed by atoms with Crippen LogP contribution >= 0.6 is 11.6 Å². The molecule has 2 aliphatic heterocycles. The highest BCUT2D eigenvalue weighted by Gasteiger charge is 2.26. The molecule has 0 radical (unpaired) electrons. The van der Waals surface area contributed by atoms with Gasteiger partial charge in [0.15, 0.2) is 0 Å². The quantitative estimate of drug-likeness (QED) is 0.788. The van der Waals surface area contributed by atoms with E-state index in [4.69, 9.17) is 16.3 Å². The Morgan fingerprint density at radius 3 is 2.63 bits per heavy atom. The van der Waals surface area contributed by atoms with E-state index in [2.05, 4.69) is 27.2 Å². The molecular weight excluding hydrogens is 400 g/mol. The molecule has 1 unspecified atom stereocenters. The average molecular weight is 429 g/mol. The molecule has 0 saturated carbocycles. The van der Waals surface area contributed by atoms with Crippen LogP contribution in [0.3, 0.4) is 0 Å². The summed E-state index contributed by atoms with van der Waals surface area (Å²) < 4.78 is 5.49. The molecule has 2 aliphatic rings. The Hall–Kier alpha value is -2.60. The highest BCUT2D eigenvalue weighted by atomic mass is 35.5. The van der Waals surface area contributed by atoms with Crippen LogP contribution in [0.1, 0.15) is 6.42 Å². The summed E-state index contributed by atoms with van der Waals surface area (Å²) in [5, 5.41) is 3.89. The van der Waals surface area contributed by atoms with Crippen molar-refractivity contribution in [1.29, 1.82) is 0 Å². The van der Waals surface area contributed by atoms with E-state index < -0.39 is 0 Å². The summed E-state index contributed by atoms with van der Waals surface area (Å²) in [6.07, 6.45) is 1.07.